The monoisotopic (exact) mass is 426 g/mol. The number of rotatable bonds is 6. The van der Waals surface area contributed by atoms with Crippen LogP contribution in [-0.4, -0.2) is 52.8 Å². The number of ether oxygens (including phenoxy) is 1. The Morgan fingerprint density at radius 1 is 1.30 bits per heavy atom. The van der Waals surface area contributed by atoms with E-state index in [1.807, 2.05) is 32.0 Å². The summed E-state index contributed by atoms with van der Waals surface area (Å²) < 4.78 is 10.9. The normalized spacial score (nSPS) is 16.0. The topological polar surface area (TPSA) is 91.3 Å². The molecule has 0 bridgehead atoms. The van der Waals surface area contributed by atoms with Gasteiger partial charge in [-0.15, -0.1) is 0 Å². The molecule has 8 nitrogen and oxygen atoms in total. The van der Waals surface area contributed by atoms with Gasteiger partial charge in [0, 0.05) is 49.4 Å². The molecular formula is C21H23ClN6O2. The van der Waals surface area contributed by atoms with Crippen LogP contribution >= 0.6 is 11.6 Å². The van der Waals surface area contributed by atoms with Gasteiger partial charge in [-0.3, -0.25) is 9.88 Å². The number of nitriles is 1. The molecule has 3 heterocycles. The first-order chi connectivity index (χ1) is 14.6. The van der Waals surface area contributed by atoms with Crippen molar-refractivity contribution < 1.29 is 9.26 Å². The summed E-state index contributed by atoms with van der Waals surface area (Å²) in [6.07, 6.45) is 1.46. The summed E-state index contributed by atoms with van der Waals surface area (Å²) in [5, 5.41) is 15.2. The molecule has 0 spiro atoms. The van der Waals surface area contributed by atoms with E-state index >= 15 is 0 Å². The van der Waals surface area contributed by atoms with Gasteiger partial charge in [0.15, 0.2) is 5.82 Å². The molecule has 0 amide bonds. The molecule has 30 heavy (non-hydrogen) atoms. The van der Waals surface area contributed by atoms with E-state index in [4.69, 9.17) is 20.9 Å². The summed E-state index contributed by atoms with van der Waals surface area (Å²) in [6, 6.07) is 7.85. The number of anilines is 1. The van der Waals surface area contributed by atoms with Crippen molar-refractivity contribution in [2.24, 2.45) is 0 Å². The van der Waals surface area contributed by atoms with E-state index in [0.29, 0.717) is 35.5 Å². The summed E-state index contributed by atoms with van der Waals surface area (Å²) in [5.41, 5.74) is 2.29. The van der Waals surface area contributed by atoms with Crippen LogP contribution in [0.2, 0.25) is 5.02 Å². The molecule has 1 fully saturated rings. The standard InChI is InChI=1S/C21H23ClN6O2/c1-3-29-14(2)21-25-19(30-26-21)13-27-6-8-28(9-7-27)20-15(11-23)12-24-18-5-4-16(22)10-17(18)20/h4-5,10,12,14H,3,6-9,13H2,1-2H3. The Morgan fingerprint density at radius 3 is 2.83 bits per heavy atom. The maximum Gasteiger partial charge on any atom is 0.240 e. The molecule has 1 aromatic carbocycles. The predicted octanol–water partition coefficient (Wildman–Crippen LogP) is 3.56. The minimum Gasteiger partial charge on any atom is -0.371 e. The fraction of sp³-hybridized carbons (Fsp3) is 0.429. The second kappa shape index (κ2) is 8.96. The van der Waals surface area contributed by atoms with E-state index in [9.17, 15) is 5.26 Å². The molecule has 0 aliphatic carbocycles. The van der Waals surface area contributed by atoms with Gasteiger partial charge in [-0.2, -0.15) is 10.2 Å². The van der Waals surface area contributed by atoms with Crippen LogP contribution < -0.4 is 4.90 Å². The van der Waals surface area contributed by atoms with E-state index < -0.39 is 0 Å². The maximum absolute atomic E-state index is 9.61. The Bertz CT molecular complexity index is 1070. The van der Waals surface area contributed by atoms with Crippen molar-refractivity contribution in [3.05, 3.63) is 46.7 Å². The Kier molecular flexibility index (Phi) is 6.13. The first-order valence-electron chi connectivity index (χ1n) is 9.98. The number of pyridine rings is 1. The molecule has 1 atom stereocenters. The van der Waals surface area contributed by atoms with Gasteiger partial charge in [0.25, 0.3) is 0 Å². The van der Waals surface area contributed by atoms with Gasteiger partial charge in [0.05, 0.1) is 23.3 Å². The summed E-state index contributed by atoms with van der Waals surface area (Å²) in [6.45, 7) is 8.22. The van der Waals surface area contributed by atoms with Gasteiger partial charge in [-0.05, 0) is 32.0 Å². The van der Waals surface area contributed by atoms with Crippen molar-refractivity contribution >= 4 is 28.2 Å². The Morgan fingerprint density at radius 2 is 2.10 bits per heavy atom. The highest BCUT2D eigenvalue weighted by Crippen LogP contribution is 2.32. The average Bonchev–Trinajstić information content (AvgIpc) is 3.22. The van der Waals surface area contributed by atoms with Gasteiger partial charge in [0.2, 0.25) is 5.89 Å². The van der Waals surface area contributed by atoms with Crippen LogP contribution in [0.25, 0.3) is 10.9 Å². The molecule has 0 radical (unpaired) electrons. The van der Waals surface area contributed by atoms with Crippen molar-refractivity contribution in [3.8, 4) is 6.07 Å². The van der Waals surface area contributed by atoms with E-state index in [0.717, 1.165) is 42.8 Å². The first kappa shape index (κ1) is 20.5. The van der Waals surface area contributed by atoms with Crippen molar-refractivity contribution in [1.82, 2.24) is 20.0 Å². The molecule has 4 rings (SSSR count). The Balaban J connectivity index is 1.47. The third-order valence-electron chi connectivity index (χ3n) is 5.23. The van der Waals surface area contributed by atoms with Gasteiger partial charge in [-0.1, -0.05) is 16.8 Å². The summed E-state index contributed by atoms with van der Waals surface area (Å²) in [7, 11) is 0. The number of halogens is 1. The first-order valence-corrected chi connectivity index (χ1v) is 10.4. The Hall–Kier alpha value is -2.73. The fourth-order valence-electron chi connectivity index (χ4n) is 3.72. The van der Waals surface area contributed by atoms with Crippen molar-refractivity contribution in [2.75, 3.05) is 37.7 Å². The van der Waals surface area contributed by atoms with Crippen LogP contribution in [0.5, 0.6) is 0 Å². The molecule has 2 aromatic heterocycles. The fourth-order valence-corrected chi connectivity index (χ4v) is 3.89. The van der Waals surface area contributed by atoms with E-state index in [-0.39, 0.29) is 6.10 Å². The number of aromatic nitrogens is 3. The van der Waals surface area contributed by atoms with Gasteiger partial charge in [-0.25, -0.2) is 0 Å². The smallest absolute Gasteiger partial charge is 0.240 e. The van der Waals surface area contributed by atoms with Crippen molar-refractivity contribution in [1.29, 1.82) is 5.26 Å². The van der Waals surface area contributed by atoms with Crippen molar-refractivity contribution in [3.63, 3.8) is 0 Å². The van der Waals surface area contributed by atoms with E-state index in [1.165, 1.54) is 0 Å². The molecule has 1 unspecified atom stereocenters. The number of benzene rings is 1. The van der Waals surface area contributed by atoms with Gasteiger partial charge < -0.3 is 14.2 Å². The second-order valence-corrected chi connectivity index (χ2v) is 7.64. The summed E-state index contributed by atoms with van der Waals surface area (Å²) >= 11 is 6.21. The molecular weight excluding hydrogens is 404 g/mol. The zero-order valence-electron chi connectivity index (χ0n) is 17.0. The third-order valence-corrected chi connectivity index (χ3v) is 5.47. The molecule has 1 aliphatic rings. The summed E-state index contributed by atoms with van der Waals surface area (Å²) in [5.74, 6) is 1.16. The van der Waals surface area contributed by atoms with E-state index in [1.54, 1.807) is 6.20 Å². The highest BCUT2D eigenvalue weighted by molar-refractivity contribution is 6.31. The Labute approximate surface area is 180 Å². The molecule has 1 aliphatic heterocycles. The number of nitrogens with zero attached hydrogens (tertiary/aromatic N) is 6. The van der Waals surface area contributed by atoms with Gasteiger partial charge in [0.1, 0.15) is 12.2 Å². The average molecular weight is 427 g/mol. The number of fused-ring (bicyclic) bond motifs is 1. The SMILES string of the molecule is CCOC(C)c1noc(CN2CCN(c3c(C#N)cnc4ccc(Cl)cc34)CC2)n1. The molecule has 0 N–H and O–H groups in total. The zero-order chi connectivity index (χ0) is 21.1. The van der Waals surface area contributed by atoms with E-state index in [2.05, 4.69) is 31.0 Å². The minimum absolute atomic E-state index is 0.180. The molecule has 3 aromatic rings. The quantitative estimate of drug-likeness (QED) is 0.590. The van der Waals surface area contributed by atoms with Crippen LogP contribution in [-0.2, 0) is 11.3 Å². The lowest BCUT2D eigenvalue weighted by molar-refractivity contribution is 0.0683. The molecule has 9 heteroatoms. The van der Waals surface area contributed by atoms with Crippen molar-refractivity contribution in [2.45, 2.75) is 26.5 Å². The van der Waals surface area contributed by atoms with Crippen LogP contribution in [0.4, 0.5) is 5.69 Å². The lowest BCUT2D eigenvalue weighted by atomic mass is 10.1. The maximum atomic E-state index is 9.61. The molecule has 156 valence electrons. The molecule has 1 saturated heterocycles. The number of hydrogen-bond acceptors (Lipinski definition) is 8. The summed E-state index contributed by atoms with van der Waals surface area (Å²) in [4.78, 5) is 13.3. The predicted molar refractivity (Wildman–Crippen MR) is 113 cm³/mol. The lowest BCUT2D eigenvalue weighted by Gasteiger charge is -2.36. The minimum atomic E-state index is -0.180. The second-order valence-electron chi connectivity index (χ2n) is 7.20. The van der Waals surface area contributed by atoms with Crippen LogP contribution in [0.3, 0.4) is 0 Å². The molecule has 0 saturated carbocycles. The third kappa shape index (κ3) is 4.24. The zero-order valence-corrected chi connectivity index (χ0v) is 17.8. The largest absolute Gasteiger partial charge is 0.371 e. The highest BCUT2D eigenvalue weighted by Gasteiger charge is 2.23. The number of piperazine rings is 1. The highest BCUT2D eigenvalue weighted by atomic mass is 35.5. The van der Waals surface area contributed by atoms with Gasteiger partial charge >= 0.3 is 0 Å². The van der Waals surface area contributed by atoms with Crippen LogP contribution in [0, 0.1) is 11.3 Å². The lowest BCUT2D eigenvalue weighted by Crippen LogP contribution is -2.46. The number of hydrogen-bond donors (Lipinski definition) is 0. The van der Waals surface area contributed by atoms with Crippen LogP contribution in [0.1, 0.15) is 37.2 Å². The van der Waals surface area contributed by atoms with Crippen LogP contribution in [0.15, 0.2) is 28.9 Å².